The van der Waals surface area contributed by atoms with Gasteiger partial charge >= 0.3 is 0 Å². The van der Waals surface area contributed by atoms with E-state index in [0.717, 1.165) is 33.0 Å². The minimum atomic E-state index is 0.171. The number of benzene rings is 2. The maximum absolute atomic E-state index is 10.6. The zero-order valence-electron chi connectivity index (χ0n) is 13.9. The lowest BCUT2D eigenvalue weighted by molar-refractivity contribution is 0.424. The first-order valence-corrected chi connectivity index (χ1v) is 9.40. The zero-order valence-corrected chi connectivity index (χ0v) is 15.6. The molecule has 0 spiro atoms. The number of aliphatic imine (C=N–C) groups is 1. The maximum Gasteiger partial charge on any atom is 0.210 e. The van der Waals surface area contributed by atoms with Crippen molar-refractivity contribution in [1.82, 2.24) is 4.57 Å². The predicted octanol–water partition coefficient (Wildman–Crippen LogP) is 5.85. The van der Waals surface area contributed by atoms with Crippen LogP contribution in [0.4, 0.5) is 5.69 Å². The molecular formula is C21H16N2OS2. The Labute approximate surface area is 160 Å². The van der Waals surface area contributed by atoms with Crippen molar-refractivity contribution in [2.45, 2.75) is 6.54 Å². The molecule has 0 amide bonds. The molecule has 2 aromatic carbocycles. The highest BCUT2D eigenvalue weighted by Crippen LogP contribution is 2.40. The van der Waals surface area contributed by atoms with Gasteiger partial charge in [0.05, 0.1) is 16.3 Å². The Hall–Kier alpha value is -2.76. The molecule has 1 aromatic heterocycles. The summed E-state index contributed by atoms with van der Waals surface area (Å²) in [6.07, 6.45) is 3.70. The fraction of sp³-hybridized carbons (Fsp3) is 0.0476. The van der Waals surface area contributed by atoms with Gasteiger partial charge in [-0.25, -0.2) is 4.99 Å². The van der Waals surface area contributed by atoms with Crippen molar-refractivity contribution in [2.75, 3.05) is 0 Å². The van der Waals surface area contributed by atoms with Gasteiger partial charge in [-0.05, 0) is 24.4 Å². The van der Waals surface area contributed by atoms with Gasteiger partial charge in [0.1, 0.15) is 0 Å². The van der Waals surface area contributed by atoms with E-state index in [0.29, 0.717) is 10.5 Å². The van der Waals surface area contributed by atoms with Crippen LogP contribution >= 0.6 is 23.6 Å². The number of hydrogen-bond acceptors (Lipinski definition) is 4. The van der Waals surface area contributed by atoms with Gasteiger partial charge in [-0.15, -0.1) is 17.9 Å². The molecule has 0 atom stereocenters. The molecule has 5 heteroatoms. The Morgan fingerprint density at radius 2 is 1.85 bits per heavy atom. The average molecular weight is 377 g/mol. The monoisotopic (exact) mass is 376 g/mol. The van der Waals surface area contributed by atoms with Gasteiger partial charge in [0.15, 0.2) is 3.95 Å². The van der Waals surface area contributed by atoms with Gasteiger partial charge in [-0.2, -0.15) is 0 Å². The van der Waals surface area contributed by atoms with Crippen molar-refractivity contribution in [3.8, 4) is 5.88 Å². The number of allylic oxidation sites excluding steroid dienone is 2. The second-order valence-electron chi connectivity index (χ2n) is 5.86. The van der Waals surface area contributed by atoms with Crippen LogP contribution in [0.25, 0.3) is 11.6 Å². The molecule has 0 saturated carbocycles. The highest BCUT2D eigenvalue weighted by atomic mass is 32.1. The third kappa shape index (κ3) is 2.85. The van der Waals surface area contributed by atoms with Crippen molar-refractivity contribution in [3.05, 3.63) is 87.2 Å². The minimum Gasteiger partial charge on any atom is -0.493 e. The topological polar surface area (TPSA) is 37.5 Å². The summed E-state index contributed by atoms with van der Waals surface area (Å²) in [4.78, 5) is 5.55. The normalized spacial score (nSPS) is 14.3. The number of aromatic hydroxyl groups is 1. The molecule has 3 aromatic rings. The Bertz CT molecular complexity index is 1100. The molecule has 0 aliphatic carbocycles. The number of aromatic nitrogens is 1. The van der Waals surface area contributed by atoms with E-state index in [1.165, 1.54) is 11.3 Å². The van der Waals surface area contributed by atoms with Gasteiger partial charge in [-0.3, -0.25) is 4.57 Å². The van der Waals surface area contributed by atoms with Crippen molar-refractivity contribution < 1.29 is 5.11 Å². The van der Waals surface area contributed by atoms with Crippen LogP contribution in [0.5, 0.6) is 5.88 Å². The predicted molar refractivity (Wildman–Crippen MR) is 112 cm³/mol. The van der Waals surface area contributed by atoms with Gasteiger partial charge in [-0.1, -0.05) is 54.6 Å². The van der Waals surface area contributed by atoms with Gasteiger partial charge in [0.2, 0.25) is 5.88 Å². The third-order valence-corrected chi connectivity index (χ3v) is 5.60. The molecule has 0 radical (unpaired) electrons. The first-order chi connectivity index (χ1) is 12.7. The van der Waals surface area contributed by atoms with Crippen LogP contribution in [0.2, 0.25) is 0 Å². The molecule has 1 N–H and O–H groups in total. The fourth-order valence-electron chi connectivity index (χ4n) is 3.00. The van der Waals surface area contributed by atoms with Crippen molar-refractivity contribution in [1.29, 1.82) is 0 Å². The molecule has 0 bridgehead atoms. The van der Waals surface area contributed by atoms with E-state index >= 15 is 0 Å². The quantitative estimate of drug-likeness (QED) is 0.458. The van der Waals surface area contributed by atoms with Crippen molar-refractivity contribution in [2.24, 2.45) is 4.99 Å². The highest BCUT2D eigenvalue weighted by molar-refractivity contribution is 7.73. The highest BCUT2D eigenvalue weighted by Gasteiger charge is 2.23. The SMILES string of the molecule is C=CCn1c(O)c(/C=C2/C(c3ccccc3)=Nc3ccccc32)sc1=S. The molecule has 1 aliphatic rings. The molecule has 4 rings (SSSR count). The van der Waals surface area contributed by atoms with Gasteiger partial charge in [0, 0.05) is 23.2 Å². The average Bonchev–Trinajstić information content (AvgIpc) is 3.16. The fourth-order valence-corrected chi connectivity index (χ4v) is 4.27. The number of thiazole rings is 1. The molecule has 26 heavy (non-hydrogen) atoms. The van der Waals surface area contributed by atoms with Crippen LogP contribution in [-0.2, 0) is 6.54 Å². The summed E-state index contributed by atoms with van der Waals surface area (Å²) in [5, 5.41) is 10.6. The Morgan fingerprint density at radius 1 is 1.12 bits per heavy atom. The lowest BCUT2D eigenvalue weighted by atomic mass is 9.97. The van der Waals surface area contributed by atoms with Crippen molar-refractivity contribution >= 4 is 46.6 Å². The number of hydrogen-bond donors (Lipinski definition) is 1. The summed E-state index contributed by atoms with van der Waals surface area (Å²) >= 11 is 6.77. The van der Waals surface area contributed by atoms with E-state index in [4.69, 9.17) is 17.2 Å². The maximum atomic E-state index is 10.6. The molecule has 0 unspecified atom stereocenters. The molecule has 128 valence electrons. The van der Waals surface area contributed by atoms with Crippen LogP contribution in [0.3, 0.4) is 0 Å². The van der Waals surface area contributed by atoms with E-state index in [1.54, 1.807) is 10.6 Å². The number of fused-ring (bicyclic) bond motifs is 1. The number of rotatable bonds is 4. The van der Waals surface area contributed by atoms with Gasteiger partial charge in [0.25, 0.3) is 0 Å². The van der Waals surface area contributed by atoms with Crippen LogP contribution in [0.15, 0.2) is 72.2 Å². The Morgan fingerprint density at radius 3 is 2.62 bits per heavy atom. The molecule has 2 heterocycles. The Kier molecular flexibility index (Phi) is 4.41. The standard InChI is InChI=1S/C21H16N2OS2/c1-2-12-23-20(24)18(26-21(23)25)13-16-15-10-6-7-11-17(15)22-19(16)14-8-4-3-5-9-14/h2-11,13,24H,1,12H2/b16-13+. The van der Waals surface area contributed by atoms with E-state index < -0.39 is 0 Å². The van der Waals surface area contributed by atoms with E-state index in [-0.39, 0.29) is 5.88 Å². The third-order valence-electron chi connectivity index (χ3n) is 4.21. The second kappa shape index (κ2) is 6.86. The summed E-state index contributed by atoms with van der Waals surface area (Å²) in [7, 11) is 0. The lowest BCUT2D eigenvalue weighted by Crippen LogP contribution is -1.99. The summed E-state index contributed by atoms with van der Waals surface area (Å²) in [6, 6.07) is 18.1. The van der Waals surface area contributed by atoms with E-state index in [1.807, 2.05) is 54.6 Å². The Balaban J connectivity index is 1.89. The second-order valence-corrected chi connectivity index (χ2v) is 7.53. The van der Waals surface area contributed by atoms with Crippen LogP contribution < -0.4 is 0 Å². The molecule has 0 fully saturated rings. The summed E-state index contributed by atoms with van der Waals surface area (Å²) < 4.78 is 2.30. The molecule has 3 nitrogen and oxygen atoms in total. The summed E-state index contributed by atoms with van der Waals surface area (Å²) in [6.45, 7) is 4.21. The minimum absolute atomic E-state index is 0.171. The largest absolute Gasteiger partial charge is 0.493 e. The zero-order chi connectivity index (χ0) is 18.1. The molecular weight excluding hydrogens is 360 g/mol. The summed E-state index contributed by atoms with van der Waals surface area (Å²) in [5.74, 6) is 0.171. The van der Waals surface area contributed by atoms with E-state index in [2.05, 4.69) is 12.6 Å². The van der Waals surface area contributed by atoms with Crippen LogP contribution in [0.1, 0.15) is 16.0 Å². The first-order valence-electron chi connectivity index (χ1n) is 8.18. The van der Waals surface area contributed by atoms with Crippen LogP contribution in [-0.4, -0.2) is 15.4 Å². The first kappa shape index (κ1) is 16.7. The smallest absolute Gasteiger partial charge is 0.210 e. The summed E-state index contributed by atoms with van der Waals surface area (Å²) in [5.41, 5.74) is 4.93. The van der Waals surface area contributed by atoms with Crippen LogP contribution in [0, 0.1) is 3.95 Å². The van der Waals surface area contributed by atoms with Crippen molar-refractivity contribution in [3.63, 3.8) is 0 Å². The number of nitrogens with zero attached hydrogens (tertiary/aromatic N) is 2. The van der Waals surface area contributed by atoms with E-state index in [9.17, 15) is 5.11 Å². The lowest BCUT2D eigenvalue weighted by Gasteiger charge is -2.06. The number of para-hydroxylation sites is 1. The van der Waals surface area contributed by atoms with Gasteiger partial charge < -0.3 is 5.11 Å². The molecule has 1 aliphatic heterocycles. The molecule has 0 saturated heterocycles.